The average molecular weight is 293 g/mol. The lowest BCUT2D eigenvalue weighted by molar-refractivity contribution is -0.277. The Morgan fingerprint density at radius 3 is 2.52 bits per heavy atom. The number of unbranched alkanes of at least 4 members (excludes halogenated alkanes) is 2. The molecule has 120 valence electrons. The van der Waals surface area contributed by atoms with Crippen LogP contribution in [0.25, 0.3) is 0 Å². The molecular formula is C18H31NO2. The van der Waals surface area contributed by atoms with Gasteiger partial charge in [0.1, 0.15) is 5.41 Å². The maximum absolute atomic E-state index is 9.66. The van der Waals surface area contributed by atoms with Crippen molar-refractivity contribution >= 4 is 0 Å². The van der Waals surface area contributed by atoms with Gasteiger partial charge in [-0.2, -0.15) is 5.26 Å². The molecule has 0 spiro atoms. The molecule has 3 heteroatoms. The van der Waals surface area contributed by atoms with Crippen molar-refractivity contribution in [2.75, 3.05) is 6.61 Å². The normalized spacial score (nSPS) is 34.5. The third-order valence-electron chi connectivity index (χ3n) is 5.38. The van der Waals surface area contributed by atoms with E-state index in [1.165, 1.54) is 44.9 Å². The molecule has 2 rings (SSSR count). The molecule has 1 aliphatic carbocycles. The first-order chi connectivity index (χ1) is 10.3. The van der Waals surface area contributed by atoms with Gasteiger partial charge in [-0.3, -0.25) is 0 Å². The fourth-order valence-electron chi connectivity index (χ4n) is 3.75. The number of rotatable bonds is 6. The quantitative estimate of drug-likeness (QED) is 0.660. The van der Waals surface area contributed by atoms with E-state index in [0.717, 1.165) is 19.3 Å². The van der Waals surface area contributed by atoms with Gasteiger partial charge in [-0.25, -0.2) is 0 Å². The van der Waals surface area contributed by atoms with Crippen LogP contribution in [0.4, 0.5) is 0 Å². The number of hydrogen-bond acceptors (Lipinski definition) is 3. The topological polar surface area (TPSA) is 42.2 Å². The van der Waals surface area contributed by atoms with Crippen LogP contribution in [0.5, 0.6) is 0 Å². The van der Waals surface area contributed by atoms with Crippen LogP contribution in [-0.4, -0.2) is 19.0 Å². The molecule has 0 aromatic rings. The van der Waals surface area contributed by atoms with E-state index in [0.29, 0.717) is 12.5 Å². The fourth-order valence-corrected chi connectivity index (χ4v) is 3.75. The van der Waals surface area contributed by atoms with Crippen LogP contribution >= 0.6 is 0 Å². The summed E-state index contributed by atoms with van der Waals surface area (Å²) in [6.45, 7) is 4.86. The SMILES string of the molecule is CCCCCC1OC(C2CCCCC2)OCC1(C#N)CC. The Hall–Kier alpha value is -0.590. The van der Waals surface area contributed by atoms with Crippen LogP contribution in [0.3, 0.4) is 0 Å². The monoisotopic (exact) mass is 293 g/mol. The van der Waals surface area contributed by atoms with Gasteiger partial charge < -0.3 is 9.47 Å². The maximum atomic E-state index is 9.66. The maximum Gasteiger partial charge on any atom is 0.160 e. The molecule has 0 radical (unpaired) electrons. The molecule has 0 aromatic heterocycles. The largest absolute Gasteiger partial charge is 0.351 e. The van der Waals surface area contributed by atoms with Crippen LogP contribution in [0.1, 0.15) is 78.1 Å². The van der Waals surface area contributed by atoms with Crippen LogP contribution < -0.4 is 0 Å². The van der Waals surface area contributed by atoms with Crippen LogP contribution in [0, 0.1) is 22.7 Å². The number of hydrogen-bond donors (Lipinski definition) is 0. The molecule has 2 aliphatic rings. The van der Waals surface area contributed by atoms with Crippen molar-refractivity contribution in [2.45, 2.75) is 90.4 Å². The molecule has 3 atom stereocenters. The van der Waals surface area contributed by atoms with Crippen molar-refractivity contribution in [3.05, 3.63) is 0 Å². The molecule has 3 unspecified atom stereocenters. The minimum Gasteiger partial charge on any atom is -0.351 e. The van der Waals surface area contributed by atoms with Crippen LogP contribution in [-0.2, 0) is 9.47 Å². The van der Waals surface area contributed by atoms with E-state index in [2.05, 4.69) is 19.9 Å². The Labute approximate surface area is 130 Å². The molecule has 0 amide bonds. The molecule has 3 nitrogen and oxygen atoms in total. The predicted octanol–water partition coefficient (Wildman–Crippen LogP) is 4.81. The van der Waals surface area contributed by atoms with Gasteiger partial charge in [-0.05, 0) is 25.7 Å². The smallest absolute Gasteiger partial charge is 0.160 e. The molecule has 0 aromatic carbocycles. The highest BCUT2D eigenvalue weighted by molar-refractivity contribution is 5.05. The first kappa shape index (κ1) is 16.8. The predicted molar refractivity (Wildman–Crippen MR) is 83.7 cm³/mol. The van der Waals surface area contributed by atoms with Gasteiger partial charge in [-0.1, -0.05) is 52.4 Å². The van der Waals surface area contributed by atoms with Crippen LogP contribution in [0.2, 0.25) is 0 Å². The minimum absolute atomic E-state index is 0.0553. The third-order valence-corrected chi connectivity index (χ3v) is 5.38. The molecule has 1 saturated carbocycles. The van der Waals surface area contributed by atoms with Crippen molar-refractivity contribution < 1.29 is 9.47 Å². The number of nitrogens with zero attached hydrogens (tertiary/aromatic N) is 1. The average Bonchev–Trinajstić information content (AvgIpc) is 2.56. The summed E-state index contributed by atoms with van der Waals surface area (Å²) < 4.78 is 12.3. The van der Waals surface area contributed by atoms with E-state index in [1.807, 2.05) is 0 Å². The summed E-state index contributed by atoms with van der Waals surface area (Å²) in [5, 5.41) is 9.66. The van der Waals surface area contributed by atoms with Crippen molar-refractivity contribution in [3.8, 4) is 6.07 Å². The molecule has 1 aliphatic heterocycles. The zero-order chi connectivity index (χ0) is 15.1. The van der Waals surface area contributed by atoms with Gasteiger partial charge in [0.05, 0.1) is 18.8 Å². The van der Waals surface area contributed by atoms with Gasteiger partial charge >= 0.3 is 0 Å². The Morgan fingerprint density at radius 2 is 1.90 bits per heavy atom. The molecule has 0 bridgehead atoms. The molecule has 0 N–H and O–H groups in total. The summed E-state index contributed by atoms with van der Waals surface area (Å²) in [5.41, 5.74) is -0.432. The summed E-state index contributed by atoms with van der Waals surface area (Å²) in [7, 11) is 0. The van der Waals surface area contributed by atoms with E-state index in [4.69, 9.17) is 9.47 Å². The van der Waals surface area contributed by atoms with Crippen molar-refractivity contribution in [3.63, 3.8) is 0 Å². The highest BCUT2D eigenvalue weighted by Gasteiger charge is 2.46. The summed E-state index contributed by atoms with van der Waals surface area (Å²) in [4.78, 5) is 0. The minimum atomic E-state index is -0.432. The standard InChI is InChI=1S/C18H31NO2/c1-3-5-7-12-16-18(4-2,13-19)14-20-17(21-16)15-10-8-6-9-11-15/h15-17H,3-12,14H2,1-2H3. The van der Waals surface area contributed by atoms with Gasteiger partial charge in [0.15, 0.2) is 6.29 Å². The Balaban J connectivity index is 1.99. The Morgan fingerprint density at radius 1 is 1.14 bits per heavy atom. The zero-order valence-corrected chi connectivity index (χ0v) is 13.8. The second-order valence-corrected chi connectivity index (χ2v) is 6.82. The Kier molecular flexibility index (Phi) is 6.51. The van der Waals surface area contributed by atoms with Crippen molar-refractivity contribution in [1.82, 2.24) is 0 Å². The first-order valence-electron chi connectivity index (χ1n) is 8.94. The van der Waals surface area contributed by atoms with Gasteiger partial charge in [-0.15, -0.1) is 0 Å². The van der Waals surface area contributed by atoms with E-state index in [1.54, 1.807) is 0 Å². The van der Waals surface area contributed by atoms with Gasteiger partial charge in [0, 0.05) is 5.92 Å². The molecule has 1 saturated heterocycles. The van der Waals surface area contributed by atoms with Crippen LogP contribution in [0.15, 0.2) is 0 Å². The summed E-state index contributed by atoms with van der Waals surface area (Å²) >= 11 is 0. The highest BCUT2D eigenvalue weighted by atomic mass is 16.7. The van der Waals surface area contributed by atoms with Crippen molar-refractivity contribution in [1.29, 1.82) is 5.26 Å². The second kappa shape index (κ2) is 8.15. The fraction of sp³-hybridized carbons (Fsp3) is 0.944. The first-order valence-corrected chi connectivity index (χ1v) is 8.94. The third kappa shape index (κ3) is 3.99. The molecule has 1 heterocycles. The lowest BCUT2D eigenvalue weighted by Gasteiger charge is -2.44. The van der Waals surface area contributed by atoms with E-state index < -0.39 is 5.41 Å². The Bertz CT molecular complexity index is 346. The van der Waals surface area contributed by atoms with Gasteiger partial charge in [0.25, 0.3) is 0 Å². The molecule has 21 heavy (non-hydrogen) atoms. The summed E-state index contributed by atoms with van der Waals surface area (Å²) in [5.74, 6) is 0.543. The second-order valence-electron chi connectivity index (χ2n) is 6.82. The zero-order valence-electron chi connectivity index (χ0n) is 13.8. The van der Waals surface area contributed by atoms with E-state index in [-0.39, 0.29) is 12.4 Å². The highest BCUT2D eigenvalue weighted by Crippen LogP contribution is 2.40. The van der Waals surface area contributed by atoms with Gasteiger partial charge in [0.2, 0.25) is 0 Å². The van der Waals surface area contributed by atoms with Crippen molar-refractivity contribution in [2.24, 2.45) is 11.3 Å². The lowest BCUT2D eigenvalue weighted by atomic mass is 9.78. The van der Waals surface area contributed by atoms with E-state index in [9.17, 15) is 5.26 Å². The molecular weight excluding hydrogens is 262 g/mol. The number of ether oxygens (including phenoxy) is 2. The van der Waals surface area contributed by atoms with E-state index >= 15 is 0 Å². The lowest BCUT2D eigenvalue weighted by Crippen LogP contribution is -2.50. The summed E-state index contributed by atoms with van der Waals surface area (Å²) in [6, 6.07) is 2.52. The number of nitriles is 1. The summed E-state index contributed by atoms with van der Waals surface area (Å²) in [6.07, 6.45) is 11.8. The molecule has 2 fully saturated rings.